The van der Waals surface area contributed by atoms with Gasteiger partial charge < -0.3 is 9.88 Å². The number of rotatable bonds is 3. The summed E-state index contributed by atoms with van der Waals surface area (Å²) in [5.41, 5.74) is 1.21. The fourth-order valence-electron chi connectivity index (χ4n) is 6.78. The van der Waals surface area contributed by atoms with Gasteiger partial charge >= 0.3 is 0 Å². The minimum atomic E-state index is -1.42. The number of nitrogens with one attached hydrogen (secondary N) is 1. The third-order valence-corrected chi connectivity index (χ3v) is 11.2. The van der Waals surface area contributed by atoms with Crippen LogP contribution in [-0.2, 0) is 0 Å². The van der Waals surface area contributed by atoms with Crippen LogP contribution in [0.25, 0.3) is 0 Å². The van der Waals surface area contributed by atoms with Crippen molar-refractivity contribution in [3.8, 4) is 0 Å². The van der Waals surface area contributed by atoms with Crippen molar-refractivity contribution in [2.45, 2.75) is 89.5 Å². The van der Waals surface area contributed by atoms with E-state index in [1.54, 1.807) is 6.42 Å². The average molecular weight is 337 g/mol. The maximum atomic E-state index is 4.11. The molecule has 6 atom stereocenters. The summed E-state index contributed by atoms with van der Waals surface area (Å²) in [5, 5.41) is 0. The van der Waals surface area contributed by atoms with Gasteiger partial charge in [-0.1, -0.05) is 32.4 Å². The zero-order valence-electron chi connectivity index (χ0n) is 16.7. The quantitative estimate of drug-likeness (QED) is 0.750. The molecule has 3 aliphatic carbocycles. The van der Waals surface area contributed by atoms with Gasteiger partial charge in [0.15, 0.2) is 0 Å². The van der Waals surface area contributed by atoms with Gasteiger partial charge in [0.2, 0.25) is 0 Å². The largest absolute Gasteiger partial charge is 0.332 e. The Morgan fingerprint density at radius 1 is 0.913 bits per heavy atom. The zero-order valence-corrected chi connectivity index (χ0v) is 17.7. The summed E-state index contributed by atoms with van der Waals surface area (Å²) in [4.78, 5) is 6.67. The minimum Gasteiger partial charge on any atom is -0.332 e. The molecule has 0 saturated heterocycles. The number of hydrogen-bond acceptors (Lipinski definition) is 2. The molecule has 5 unspecified atom stereocenters. The van der Waals surface area contributed by atoms with Crippen LogP contribution in [0.4, 0.5) is 0 Å². The van der Waals surface area contributed by atoms with Gasteiger partial charge in [-0.05, 0) is 83.3 Å². The first-order chi connectivity index (χ1) is 10.6. The third-order valence-electron chi connectivity index (χ3n) is 7.31. The van der Waals surface area contributed by atoms with Crippen LogP contribution in [0.1, 0.15) is 59.3 Å². The van der Waals surface area contributed by atoms with E-state index in [9.17, 15) is 0 Å². The fraction of sp³-hybridized carbons (Fsp3) is 1.00. The molecule has 0 radical (unpaired) electrons. The molecule has 23 heavy (non-hydrogen) atoms. The molecule has 3 saturated carbocycles. The van der Waals surface area contributed by atoms with Crippen LogP contribution in [-0.4, -0.2) is 38.8 Å². The van der Waals surface area contributed by atoms with E-state index >= 15 is 0 Å². The molecule has 3 fully saturated rings. The molecule has 0 aromatic rings. The highest BCUT2D eigenvalue weighted by atomic mass is 28.3. The van der Waals surface area contributed by atoms with Crippen molar-refractivity contribution in [3.63, 3.8) is 0 Å². The Morgan fingerprint density at radius 2 is 1.48 bits per heavy atom. The first kappa shape index (κ1) is 17.9. The Hall–Kier alpha value is 0.137. The Balaban J connectivity index is 1.83. The van der Waals surface area contributed by atoms with Crippen LogP contribution in [0.5, 0.6) is 0 Å². The highest BCUT2D eigenvalue weighted by molar-refractivity contribution is 6.76. The van der Waals surface area contributed by atoms with Crippen molar-refractivity contribution in [2.24, 2.45) is 23.7 Å². The monoisotopic (exact) mass is 336 g/mol. The normalized spacial score (nSPS) is 41.2. The van der Waals surface area contributed by atoms with Gasteiger partial charge in [-0.25, -0.2) is 0 Å². The summed E-state index contributed by atoms with van der Waals surface area (Å²) in [7, 11) is 3.24. The first-order valence-corrected chi connectivity index (χ1v) is 13.1. The highest BCUT2D eigenvalue weighted by Gasteiger charge is 2.55. The van der Waals surface area contributed by atoms with Gasteiger partial charge in [-0.15, -0.1) is 0 Å². The van der Waals surface area contributed by atoms with E-state index in [0.29, 0.717) is 0 Å². The lowest BCUT2D eigenvalue weighted by atomic mass is 9.70. The molecule has 1 N–H and O–H groups in total. The second-order valence-corrected chi connectivity index (χ2v) is 15.2. The van der Waals surface area contributed by atoms with E-state index in [0.717, 1.165) is 35.3 Å². The van der Waals surface area contributed by atoms with Gasteiger partial charge in [0.05, 0.1) is 0 Å². The lowest BCUT2D eigenvalue weighted by Gasteiger charge is -2.44. The molecule has 0 spiro atoms. The number of hydrogen-bond donors (Lipinski definition) is 1. The van der Waals surface area contributed by atoms with Gasteiger partial charge in [0.1, 0.15) is 8.24 Å². The second kappa shape index (κ2) is 6.14. The van der Waals surface area contributed by atoms with Crippen molar-refractivity contribution in [2.75, 3.05) is 14.1 Å². The van der Waals surface area contributed by atoms with Gasteiger partial charge in [0, 0.05) is 11.6 Å². The molecule has 0 aromatic heterocycles. The summed E-state index contributed by atoms with van der Waals surface area (Å²) in [6, 6.07) is 0.833. The summed E-state index contributed by atoms with van der Waals surface area (Å²) in [5.74, 6) is 4.11. The van der Waals surface area contributed by atoms with E-state index in [4.69, 9.17) is 0 Å². The Bertz CT molecular complexity index is 426. The molecule has 0 aromatic carbocycles. The van der Waals surface area contributed by atoms with E-state index in [-0.39, 0.29) is 5.54 Å². The lowest BCUT2D eigenvalue weighted by molar-refractivity contribution is 0.107. The highest BCUT2D eigenvalue weighted by Crippen LogP contribution is 2.59. The molecule has 134 valence electrons. The van der Waals surface area contributed by atoms with E-state index in [2.05, 4.69) is 57.8 Å². The fourth-order valence-corrected chi connectivity index (χ4v) is 11.2. The predicted octanol–water partition coefficient (Wildman–Crippen LogP) is 4.73. The summed E-state index contributed by atoms with van der Waals surface area (Å²) in [6.07, 6.45) is 9.10. The van der Waals surface area contributed by atoms with E-state index in [1.165, 1.54) is 32.1 Å². The molecule has 0 amide bonds. The number of nitrogens with zero attached hydrogens (tertiary/aromatic N) is 1. The van der Waals surface area contributed by atoms with Crippen LogP contribution >= 0.6 is 0 Å². The van der Waals surface area contributed by atoms with E-state index in [1.807, 2.05) is 0 Å². The molecule has 0 bridgehead atoms. The Labute approximate surface area is 145 Å². The van der Waals surface area contributed by atoms with Crippen molar-refractivity contribution in [3.05, 3.63) is 0 Å². The molecule has 3 rings (SSSR count). The van der Waals surface area contributed by atoms with Gasteiger partial charge in [-0.2, -0.15) is 0 Å². The van der Waals surface area contributed by atoms with Crippen LogP contribution in [0.2, 0.25) is 18.6 Å². The van der Waals surface area contributed by atoms with Crippen LogP contribution in [0, 0.1) is 23.7 Å². The summed E-state index contributed by atoms with van der Waals surface area (Å²) < 4.78 is 0. The SMILES string of the molecule is CN(C)C1CC([Si](C)(C)NC(C)(C)C)C2C[C@H]3CCCC3CC21. The van der Waals surface area contributed by atoms with Crippen molar-refractivity contribution < 1.29 is 0 Å². The molecule has 0 heterocycles. The molecular formula is C20H40N2Si. The van der Waals surface area contributed by atoms with Crippen molar-refractivity contribution >= 4 is 8.24 Å². The van der Waals surface area contributed by atoms with Crippen LogP contribution in [0.3, 0.4) is 0 Å². The van der Waals surface area contributed by atoms with Gasteiger partial charge in [-0.3, -0.25) is 0 Å². The maximum absolute atomic E-state index is 4.11. The summed E-state index contributed by atoms with van der Waals surface area (Å²) in [6.45, 7) is 12.3. The number of fused-ring (bicyclic) bond motifs is 2. The smallest absolute Gasteiger partial charge is 0.123 e. The molecule has 0 aliphatic heterocycles. The average Bonchev–Trinajstić information content (AvgIpc) is 2.95. The summed E-state index contributed by atoms with van der Waals surface area (Å²) >= 11 is 0. The molecule has 3 heteroatoms. The van der Waals surface area contributed by atoms with Crippen molar-refractivity contribution in [1.82, 2.24) is 9.88 Å². The molecule has 3 aliphatic rings. The predicted molar refractivity (Wildman–Crippen MR) is 103 cm³/mol. The van der Waals surface area contributed by atoms with E-state index < -0.39 is 8.24 Å². The van der Waals surface area contributed by atoms with Crippen LogP contribution in [0.15, 0.2) is 0 Å². The topological polar surface area (TPSA) is 15.3 Å². The standard InChI is InChI=1S/C20H40N2Si/c1-20(2,3)21-23(6,7)19-13-18(22(4)5)16-11-14-9-8-10-15(14)12-17(16)19/h14-19,21H,8-13H2,1-7H3/t14?,15-,16?,17?,18?,19?/m1/s1. The Morgan fingerprint density at radius 3 is 2.00 bits per heavy atom. The maximum Gasteiger partial charge on any atom is 0.123 e. The first-order valence-electron chi connectivity index (χ1n) is 10.0. The Kier molecular flexibility index (Phi) is 4.79. The lowest BCUT2D eigenvalue weighted by Crippen LogP contribution is -2.58. The van der Waals surface area contributed by atoms with Crippen molar-refractivity contribution in [1.29, 1.82) is 0 Å². The van der Waals surface area contributed by atoms with Gasteiger partial charge in [0.25, 0.3) is 0 Å². The zero-order chi connectivity index (χ0) is 17.0. The molecule has 2 nitrogen and oxygen atoms in total. The minimum absolute atomic E-state index is 0.256. The third kappa shape index (κ3) is 3.57. The van der Waals surface area contributed by atoms with Crippen LogP contribution < -0.4 is 4.98 Å². The molecular weight excluding hydrogens is 296 g/mol. The second-order valence-electron chi connectivity index (χ2n) is 10.7.